The lowest BCUT2D eigenvalue weighted by Crippen LogP contribution is -2.33. The molecule has 0 bridgehead atoms. The lowest BCUT2D eigenvalue weighted by Gasteiger charge is -2.37. The molecule has 0 aromatic heterocycles. The Balaban J connectivity index is 1.87. The van der Waals surface area contributed by atoms with E-state index in [1.807, 2.05) is 61.6 Å². The second-order valence-electron chi connectivity index (χ2n) is 7.55. The minimum atomic E-state index is -3.62. The summed E-state index contributed by atoms with van der Waals surface area (Å²) in [7, 11) is -1.95. The first-order valence-electron chi connectivity index (χ1n) is 9.97. The van der Waals surface area contributed by atoms with E-state index in [4.69, 9.17) is 19.3 Å². The van der Waals surface area contributed by atoms with Crippen molar-refractivity contribution in [3.63, 3.8) is 0 Å². The summed E-state index contributed by atoms with van der Waals surface area (Å²) in [5.74, 6) is 1.22. The lowest BCUT2D eigenvalue weighted by molar-refractivity contribution is -0.0165. The van der Waals surface area contributed by atoms with Gasteiger partial charge in [-0.1, -0.05) is 48.6 Å². The summed E-state index contributed by atoms with van der Waals surface area (Å²) in [6, 6.07) is 11.5. The third-order valence-corrected chi connectivity index (χ3v) is 6.25. The van der Waals surface area contributed by atoms with Crippen LogP contribution < -0.4 is 9.88 Å². The SMILES string of the molecule is CC=COC1=CC=CCC1(OC)c1cccc2c1-c1ccc(CS(N)(=O)=O)cc1CO2. The van der Waals surface area contributed by atoms with E-state index < -0.39 is 15.6 Å². The second-order valence-corrected chi connectivity index (χ2v) is 9.16. The molecule has 6 nitrogen and oxygen atoms in total. The molecule has 2 aromatic rings. The molecule has 4 rings (SSSR count). The zero-order valence-electron chi connectivity index (χ0n) is 17.5. The summed E-state index contributed by atoms with van der Waals surface area (Å²) in [5.41, 5.74) is 3.53. The van der Waals surface area contributed by atoms with Crippen LogP contribution in [-0.2, 0) is 37.5 Å². The van der Waals surface area contributed by atoms with Crippen molar-refractivity contribution in [1.82, 2.24) is 0 Å². The molecule has 1 unspecified atom stereocenters. The van der Waals surface area contributed by atoms with Crippen molar-refractivity contribution in [2.75, 3.05) is 7.11 Å². The average Bonchev–Trinajstić information content (AvgIpc) is 2.76. The molecular weight excluding hydrogens is 414 g/mol. The number of rotatable bonds is 6. The molecule has 0 amide bonds. The smallest absolute Gasteiger partial charge is 0.213 e. The Morgan fingerprint density at radius 1 is 1.26 bits per heavy atom. The highest BCUT2D eigenvalue weighted by Gasteiger charge is 2.42. The molecule has 2 aromatic carbocycles. The zero-order valence-corrected chi connectivity index (χ0v) is 18.3. The fourth-order valence-electron chi connectivity index (χ4n) is 4.19. The number of allylic oxidation sites excluding steroid dienone is 3. The maximum Gasteiger partial charge on any atom is 0.213 e. The number of fused-ring (bicyclic) bond motifs is 3. The molecule has 1 aliphatic heterocycles. The van der Waals surface area contributed by atoms with Crippen molar-refractivity contribution in [2.24, 2.45) is 5.14 Å². The maximum atomic E-state index is 11.5. The Kier molecular flexibility index (Phi) is 5.75. The van der Waals surface area contributed by atoms with Crippen molar-refractivity contribution in [3.8, 4) is 16.9 Å². The third-order valence-electron chi connectivity index (χ3n) is 5.52. The number of hydrogen-bond donors (Lipinski definition) is 1. The quantitative estimate of drug-likeness (QED) is 0.679. The molecule has 2 N–H and O–H groups in total. The molecule has 0 spiro atoms. The van der Waals surface area contributed by atoms with Gasteiger partial charge in [-0.2, -0.15) is 0 Å². The highest BCUT2D eigenvalue weighted by atomic mass is 32.2. The molecule has 1 aliphatic carbocycles. The monoisotopic (exact) mass is 439 g/mol. The lowest BCUT2D eigenvalue weighted by atomic mass is 9.79. The standard InChI is InChI=1S/C24H25NO5S/c1-3-13-29-22-9-4-5-12-24(22,28-2)20-7-6-8-21-23(20)19-11-10-17(16-31(25,26)27)14-18(19)15-30-21/h3-11,13-14H,12,15-16H2,1-2H3,(H2,25,26,27). The van der Waals surface area contributed by atoms with Gasteiger partial charge in [-0.15, -0.1) is 0 Å². The fraction of sp³-hybridized carbons (Fsp3) is 0.250. The second kappa shape index (κ2) is 8.34. The fourth-order valence-corrected chi connectivity index (χ4v) is 4.83. The Labute approximate surface area is 182 Å². The maximum absolute atomic E-state index is 11.5. The van der Waals surface area contributed by atoms with Gasteiger partial charge in [0.15, 0.2) is 5.60 Å². The van der Waals surface area contributed by atoms with Crippen LogP contribution >= 0.6 is 0 Å². The highest BCUT2D eigenvalue weighted by Crippen LogP contribution is 2.49. The zero-order chi connectivity index (χ0) is 22.1. The van der Waals surface area contributed by atoms with Crippen LogP contribution in [0.25, 0.3) is 11.1 Å². The van der Waals surface area contributed by atoms with E-state index in [9.17, 15) is 8.42 Å². The van der Waals surface area contributed by atoms with Gasteiger partial charge >= 0.3 is 0 Å². The number of methoxy groups -OCH3 is 1. The van der Waals surface area contributed by atoms with Crippen LogP contribution in [0.15, 0.2) is 72.7 Å². The molecule has 0 radical (unpaired) electrons. The molecule has 1 atom stereocenters. The van der Waals surface area contributed by atoms with E-state index in [0.717, 1.165) is 28.0 Å². The molecule has 2 aliphatic rings. The number of primary sulfonamides is 1. The van der Waals surface area contributed by atoms with Crippen LogP contribution in [-0.4, -0.2) is 15.5 Å². The number of sulfonamides is 1. The molecule has 1 heterocycles. The van der Waals surface area contributed by atoms with E-state index in [0.29, 0.717) is 24.4 Å². The predicted octanol–water partition coefficient (Wildman–Crippen LogP) is 4.27. The van der Waals surface area contributed by atoms with Crippen molar-refractivity contribution in [2.45, 2.75) is 31.3 Å². The number of benzene rings is 2. The molecule has 162 valence electrons. The van der Waals surface area contributed by atoms with Crippen LogP contribution in [0.5, 0.6) is 5.75 Å². The molecule has 0 saturated heterocycles. The Hall–Kier alpha value is -2.87. The van der Waals surface area contributed by atoms with Crippen LogP contribution in [0, 0.1) is 0 Å². The summed E-state index contributed by atoms with van der Waals surface area (Å²) in [4.78, 5) is 0. The Morgan fingerprint density at radius 2 is 2.10 bits per heavy atom. The van der Waals surface area contributed by atoms with Crippen molar-refractivity contribution in [3.05, 3.63) is 89.4 Å². The van der Waals surface area contributed by atoms with Crippen molar-refractivity contribution < 1.29 is 22.6 Å². The van der Waals surface area contributed by atoms with Gasteiger partial charge in [-0.25, -0.2) is 13.6 Å². The topological polar surface area (TPSA) is 87.9 Å². The number of nitrogens with two attached hydrogens (primary N) is 1. The molecule has 7 heteroatoms. The third kappa shape index (κ3) is 4.04. The largest absolute Gasteiger partial charge is 0.488 e. The molecular formula is C24H25NO5S. The highest BCUT2D eigenvalue weighted by molar-refractivity contribution is 7.88. The first kappa shape index (κ1) is 21.4. The van der Waals surface area contributed by atoms with E-state index in [1.165, 1.54) is 0 Å². The summed E-state index contributed by atoms with van der Waals surface area (Å²) in [6.45, 7) is 2.24. The number of ether oxygens (including phenoxy) is 3. The van der Waals surface area contributed by atoms with Crippen LogP contribution in [0.4, 0.5) is 0 Å². The first-order valence-corrected chi connectivity index (χ1v) is 11.7. The normalized spacial score (nSPS) is 20.0. The summed E-state index contributed by atoms with van der Waals surface area (Å²) < 4.78 is 41.1. The summed E-state index contributed by atoms with van der Waals surface area (Å²) >= 11 is 0. The van der Waals surface area contributed by atoms with E-state index in [-0.39, 0.29) is 5.75 Å². The van der Waals surface area contributed by atoms with E-state index in [2.05, 4.69) is 0 Å². The molecule has 31 heavy (non-hydrogen) atoms. The summed E-state index contributed by atoms with van der Waals surface area (Å²) in [6.07, 6.45) is 9.97. The Morgan fingerprint density at radius 3 is 2.84 bits per heavy atom. The van der Waals surface area contributed by atoms with E-state index in [1.54, 1.807) is 19.4 Å². The van der Waals surface area contributed by atoms with E-state index >= 15 is 0 Å². The van der Waals surface area contributed by atoms with Crippen LogP contribution in [0.3, 0.4) is 0 Å². The van der Waals surface area contributed by atoms with Gasteiger partial charge in [0, 0.05) is 24.7 Å². The van der Waals surface area contributed by atoms with Gasteiger partial charge in [-0.3, -0.25) is 0 Å². The minimum absolute atomic E-state index is 0.217. The van der Waals surface area contributed by atoms with Crippen LogP contribution in [0.2, 0.25) is 0 Å². The van der Waals surface area contributed by atoms with Crippen molar-refractivity contribution in [1.29, 1.82) is 0 Å². The van der Waals surface area contributed by atoms with Gasteiger partial charge in [-0.05, 0) is 35.8 Å². The Bertz CT molecular complexity index is 1200. The average molecular weight is 440 g/mol. The van der Waals surface area contributed by atoms with Gasteiger partial charge in [0.05, 0.1) is 12.0 Å². The number of hydrogen-bond acceptors (Lipinski definition) is 5. The van der Waals surface area contributed by atoms with Gasteiger partial charge in [0.25, 0.3) is 0 Å². The van der Waals surface area contributed by atoms with Gasteiger partial charge in [0.2, 0.25) is 10.0 Å². The van der Waals surface area contributed by atoms with Crippen molar-refractivity contribution >= 4 is 10.0 Å². The molecule has 0 saturated carbocycles. The molecule has 0 fully saturated rings. The van der Waals surface area contributed by atoms with Crippen LogP contribution in [0.1, 0.15) is 30.0 Å². The minimum Gasteiger partial charge on any atom is -0.488 e. The first-order chi connectivity index (χ1) is 14.9. The predicted molar refractivity (Wildman–Crippen MR) is 119 cm³/mol. The van der Waals surface area contributed by atoms with Gasteiger partial charge < -0.3 is 14.2 Å². The summed E-state index contributed by atoms with van der Waals surface area (Å²) in [5, 5.41) is 5.22. The van der Waals surface area contributed by atoms with Gasteiger partial charge in [0.1, 0.15) is 18.1 Å².